The summed E-state index contributed by atoms with van der Waals surface area (Å²) in [6.07, 6.45) is 2.02. The van der Waals surface area contributed by atoms with Crippen LogP contribution in [0.25, 0.3) is 11.0 Å². The van der Waals surface area contributed by atoms with E-state index in [2.05, 4.69) is 16.4 Å². The molecular weight excluding hydrogens is 276 g/mol. The average Bonchev–Trinajstić information content (AvgIpc) is 2.88. The Morgan fingerprint density at radius 3 is 3.00 bits per heavy atom. The summed E-state index contributed by atoms with van der Waals surface area (Å²) in [6.45, 7) is 0. The van der Waals surface area contributed by atoms with Crippen molar-refractivity contribution in [2.75, 3.05) is 5.32 Å². The number of anilines is 1. The molecule has 0 spiro atoms. The summed E-state index contributed by atoms with van der Waals surface area (Å²) < 4.78 is 1.94. The molecule has 0 aliphatic rings. The molecule has 0 fully saturated rings. The molecule has 1 heterocycles. The molecule has 3 aromatic rings. The zero-order chi connectivity index (χ0) is 15.5. The summed E-state index contributed by atoms with van der Waals surface area (Å²) >= 11 is 0. The van der Waals surface area contributed by atoms with E-state index in [4.69, 9.17) is 5.26 Å². The quantitative estimate of drug-likeness (QED) is 0.806. The third-order valence-corrected chi connectivity index (χ3v) is 3.43. The highest BCUT2D eigenvalue weighted by atomic mass is 16.1. The summed E-state index contributed by atoms with van der Waals surface area (Å²) in [6, 6.07) is 14.7. The van der Waals surface area contributed by atoms with Crippen molar-refractivity contribution in [1.29, 1.82) is 5.26 Å². The number of benzene rings is 2. The topological polar surface area (TPSA) is 70.7 Å². The molecule has 0 aliphatic carbocycles. The lowest BCUT2D eigenvalue weighted by Gasteiger charge is -2.06. The second-order valence-corrected chi connectivity index (χ2v) is 5.10. The predicted molar refractivity (Wildman–Crippen MR) is 84.2 cm³/mol. The molecule has 2 aromatic carbocycles. The monoisotopic (exact) mass is 290 g/mol. The van der Waals surface area contributed by atoms with Crippen molar-refractivity contribution in [3.63, 3.8) is 0 Å². The summed E-state index contributed by atoms with van der Waals surface area (Å²) in [5, 5.41) is 11.7. The van der Waals surface area contributed by atoms with E-state index >= 15 is 0 Å². The third kappa shape index (κ3) is 2.81. The number of fused-ring (bicyclic) bond motifs is 1. The van der Waals surface area contributed by atoms with E-state index in [-0.39, 0.29) is 12.3 Å². The maximum Gasteiger partial charge on any atom is 0.228 e. The van der Waals surface area contributed by atoms with E-state index in [1.54, 1.807) is 30.6 Å². The normalized spacial score (nSPS) is 10.4. The Morgan fingerprint density at radius 1 is 1.32 bits per heavy atom. The van der Waals surface area contributed by atoms with Crippen molar-refractivity contribution in [3.05, 3.63) is 59.9 Å². The Morgan fingerprint density at radius 2 is 2.18 bits per heavy atom. The van der Waals surface area contributed by atoms with E-state index in [0.29, 0.717) is 11.3 Å². The molecule has 0 aliphatic heterocycles. The molecule has 1 aromatic heterocycles. The van der Waals surface area contributed by atoms with Crippen LogP contribution in [0.4, 0.5) is 5.69 Å². The lowest BCUT2D eigenvalue weighted by molar-refractivity contribution is -0.115. The minimum absolute atomic E-state index is 0.120. The summed E-state index contributed by atoms with van der Waals surface area (Å²) in [4.78, 5) is 16.4. The minimum atomic E-state index is -0.120. The van der Waals surface area contributed by atoms with Gasteiger partial charge >= 0.3 is 0 Å². The van der Waals surface area contributed by atoms with Crippen molar-refractivity contribution in [3.8, 4) is 6.07 Å². The number of nitriles is 1. The number of imidazole rings is 1. The van der Waals surface area contributed by atoms with Gasteiger partial charge in [0.15, 0.2) is 0 Å². The van der Waals surface area contributed by atoms with Crippen LogP contribution >= 0.6 is 0 Å². The molecule has 0 saturated carbocycles. The van der Waals surface area contributed by atoms with E-state index in [1.165, 1.54) is 0 Å². The number of nitrogens with one attached hydrogen (secondary N) is 1. The van der Waals surface area contributed by atoms with Gasteiger partial charge in [0.2, 0.25) is 5.91 Å². The van der Waals surface area contributed by atoms with Crippen molar-refractivity contribution < 1.29 is 4.79 Å². The van der Waals surface area contributed by atoms with Crippen LogP contribution in [0.2, 0.25) is 0 Å². The van der Waals surface area contributed by atoms with Crippen LogP contribution in [-0.2, 0) is 18.3 Å². The van der Waals surface area contributed by atoms with Crippen LogP contribution in [0.15, 0.2) is 48.8 Å². The molecule has 0 unspecified atom stereocenters. The molecular formula is C17H14N4O. The number of amides is 1. The van der Waals surface area contributed by atoms with Gasteiger partial charge in [-0.25, -0.2) is 4.98 Å². The van der Waals surface area contributed by atoms with Crippen LogP contribution in [0.5, 0.6) is 0 Å². The first-order chi connectivity index (χ1) is 10.7. The molecule has 108 valence electrons. The van der Waals surface area contributed by atoms with Gasteiger partial charge in [-0.1, -0.05) is 12.1 Å². The van der Waals surface area contributed by atoms with E-state index in [1.807, 2.05) is 29.8 Å². The molecule has 5 nitrogen and oxygen atoms in total. The van der Waals surface area contributed by atoms with E-state index < -0.39 is 0 Å². The highest BCUT2D eigenvalue weighted by Gasteiger charge is 2.07. The number of aryl methyl sites for hydroxylation is 1. The fourth-order valence-corrected chi connectivity index (χ4v) is 2.35. The van der Waals surface area contributed by atoms with Crippen molar-refractivity contribution in [2.45, 2.75) is 6.42 Å². The van der Waals surface area contributed by atoms with Gasteiger partial charge in [0, 0.05) is 12.7 Å². The smallest absolute Gasteiger partial charge is 0.228 e. The first kappa shape index (κ1) is 13.8. The lowest BCUT2D eigenvalue weighted by Crippen LogP contribution is -2.14. The van der Waals surface area contributed by atoms with Crippen LogP contribution in [0, 0.1) is 11.3 Å². The predicted octanol–water partition coefficient (Wildman–Crippen LogP) is 2.63. The van der Waals surface area contributed by atoms with Crippen molar-refractivity contribution in [1.82, 2.24) is 9.55 Å². The second kappa shape index (κ2) is 5.70. The molecule has 0 bridgehead atoms. The number of nitrogens with zero attached hydrogens (tertiary/aromatic N) is 3. The van der Waals surface area contributed by atoms with Gasteiger partial charge in [-0.15, -0.1) is 0 Å². The number of carbonyl (C=O) groups is 1. The number of carbonyl (C=O) groups excluding carboxylic acids is 1. The summed E-state index contributed by atoms with van der Waals surface area (Å²) in [5.74, 6) is -0.120. The van der Waals surface area contributed by atoms with Gasteiger partial charge in [0.1, 0.15) is 0 Å². The highest BCUT2D eigenvalue weighted by molar-refractivity contribution is 5.93. The fourth-order valence-electron chi connectivity index (χ4n) is 2.35. The molecule has 1 amide bonds. The second-order valence-electron chi connectivity index (χ2n) is 5.10. The zero-order valence-electron chi connectivity index (χ0n) is 12.1. The number of hydrogen-bond donors (Lipinski definition) is 1. The Kier molecular flexibility index (Phi) is 3.58. The average molecular weight is 290 g/mol. The Balaban J connectivity index is 1.73. The lowest BCUT2D eigenvalue weighted by atomic mass is 10.1. The van der Waals surface area contributed by atoms with Crippen molar-refractivity contribution in [2.24, 2.45) is 7.05 Å². The first-order valence-electron chi connectivity index (χ1n) is 6.86. The van der Waals surface area contributed by atoms with Gasteiger partial charge < -0.3 is 9.88 Å². The largest absolute Gasteiger partial charge is 0.334 e. The van der Waals surface area contributed by atoms with Crippen LogP contribution in [-0.4, -0.2) is 15.5 Å². The summed E-state index contributed by atoms with van der Waals surface area (Å²) in [7, 11) is 1.93. The molecule has 1 N–H and O–H groups in total. The molecule has 5 heteroatoms. The van der Waals surface area contributed by atoms with Gasteiger partial charge in [-0.2, -0.15) is 5.26 Å². The van der Waals surface area contributed by atoms with Crippen LogP contribution in [0.1, 0.15) is 11.1 Å². The maximum absolute atomic E-state index is 12.1. The summed E-state index contributed by atoms with van der Waals surface area (Å²) in [5.41, 5.74) is 3.96. The van der Waals surface area contributed by atoms with Gasteiger partial charge in [0.05, 0.1) is 35.4 Å². The van der Waals surface area contributed by atoms with Gasteiger partial charge in [-0.05, 0) is 35.9 Å². The van der Waals surface area contributed by atoms with Gasteiger partial charge in [0.25, 0.3) is 0 Å². The first-order valence-corrected chi connectivity index (χ1v) is 6.86. The van der Waals surface area contributed by atoms with Gasteiger partial charge in [-0.3, -0.25) is 4.79 Å². The minimum Gasteiger partial charge on any atom is -0.334 e. The van der Waals surface area contributed by atoms with Crippen LogP contribution in [0.3, 0.4) is 0 Å². The molecule has 0 radical (unpaired) electrons. The number of hydrogen-bond acceptors (Lipinski definition) is 3. The Bertz CT molecular complexity index is 889. The van der Waals surface area contributed by atoms with E-state index in [0.717, 1.165) is 16.6 Å². The van der Waals surface area contributed by atoms with Crippen LogP contribution < -0.4 is 5.32 Å². The maximum atomic E-state index is 12.1. The number of rotatable bonds is 3. The molecule has 0 atom stereocenters. The van der Waals surface area contributed by atoms with E-state index in [9.17, 15) is 4.79 Å². The molecule has 0 saturated heterocycles. The molecule has 22 heavy (non-hydrogen) atoms. The highest BCUT2D eigenvalue weighted by Crippen LogP contribution is 2.15. The fraction of sp³-hybridized carbons (Fsp3) is 0.118. The SMILES string of the molecule is Cn1cnc2cc(CC(=O)Nc3cccc(C#N)c3)ccc21. The third-order valence-electron chi connectivity index (χ3n) is 3.43. The standard InChI is InChI=1S/C17H14N4O/c1-21-11-19-15-8-12(5-6-16(15)21)9-17(22)20-14-4-2-3-13(7-14)10-18/h2-8,11H,9H2,1H3,(H,20,22). The van der Waals surface area contributed by atoms with Crippen molar-refractivity contribution >= 4 is 22.6 Å². The Labute approximate surface area is 127 Å². The zero-order valence-corrected chi connectivity index (χ0v) is 12.1. The molecule has 3 rings (SSSR count). The Hall–Kier alpha value is -3.13. The number of aromatic nitrogens is 2.